The van der Waals surface area contributed by atoms with E-state index in [1.54, 1.807) is 29.2 Å². The smallest absolute Gasteiger partial charge is 0.255 e. The molecule has 25 heavy (non-hydrogen) atoms. The first kappa shape index (κ1) is 17.2. The molecule has 2 aromatic rings. The van der Waals surface area contributed by atoms with Gasteiger partial charge in [0.2, 0.25) is 0 Å². The Labute approximate surface area is 148 Å². The molecule has 0 bridgehead atoms. The molecule has 0 aromatic heterocycles. The predicted molar refractivity (Wildman–Crippen MR) is 99.6 cm³/mol. The Morgan fingerprint density at radius 2 is 1.72 bits per heavy atom. The van der Waals surface area contributed by atoms with Crippen LogP contribution in [0.2, 0.25) is 0 Å². The van der Waals surface area contributed by atoms with Crippen LogP contribution in [0.3, 0.4) is 0 Å². The summed E-state index contributed by atoms with van der Waals surface area (Å²) < 4.78 is 26.9. The molecule has 1 heterocycles. The zero-order chi connectivity index (χ0) is 17.7. The molecule has 6 heteroatoms. The average Bonchev–Trinajstić information content (AvgIpc) is 3.15. The largest absolute Gasteiger partial charge is 0.339 e. The van der Waals surface area contributed by atoms with Gasteiger partial charge in [0.05, 0.1) is 5.41 Å². The van der Waals surface area contributed by atoms with E-state index in [0.717, 1.165) is 36.9 Å². The van der Waals surface area contributed by atoms with Gasteiger partial charge < -0.3 is 4.90 Å². The summed E-state index contributed by atoms with van der Waals surface area (Å²) in [6, 6.07) is 15.8. The Kier molecular flexibility index (Phi) is 5.19. The van der Waals surface area contributed by atoms with Crippen LogP contribution in [0.25, 0.3) is 6.08 Å². The maximum Gasteiger partial charge on any atom is 0.255 e. The molecule has 3 rings (SSSR count). The van der Waals surface area contributed by atoms with Gasteiger partial charge in [0.1, 0.15) is 0 Å². The van der Waals surface area contributed by atoms with E-state index in [1.807, 2.05) is 30.3 Å². The Morgan fingerprint density at radius 1 is 1.00 bits per heavy atom. The number of carbonyl (C=O) groups excluding carboxylic acids is 1. The summed E-state index contributed by atoms with van der Waals surface area (Å²) in [5.41, 5.74) is 1.67. The van der Waals surface area contributed by atoms with Gasteiger partial charge in [0.25, 0.3) is 15.9 Å². The quantitative estimate of drug-likeness (QED) is 0.893. The van der Waals surface area contributed by atoms with Gasteiger partial charge in [0.15, 0.2) is 0 Å². The fourth-order valence-corrected chi connectivity index (χ4v) is 3.61. The van der Waals surface area contributed by atoms with Crippen LogP contribution < -0.4 is 4.72 Å². The molecule has 0 unspecified atom stereocenters. The van der Waals surface area contributed by atoms with Gasteiger partial charge in [-0.15, -0.1) is 0 Å². The second-order valence-corrected chi connectivity index (χ2v) is 7.51. The molecule has 0 spiro atoms. The van der Waals surface area contributed by atoms with Crippen molar-refractivity contribution in [2.24, 2.45) is 0 Å². The number of amides is 1. The monoisotopic (exact) mass is 356 g/mol. The van der Waals surface area contributed by atoms with Crippen molar-refractivity contribution in [3.05, 3.63) is 71.1 Å². The molecule has 1 saturated heterocycles. The Morgan fingerprint density at radius 3 is 2.44 bits per heavy atom. The molecule has 1 aliphatic heterocycles. The fraction of sp³-hybridized carbons (Fsp3) is 0.211. The number of sulfonamides is 1. The lowest BCUT2D eigenvalue weighted by Gasteiger charge is -2.15. The van der Waals surface area contributed by atoms with Crippen molar-refractivity contribution in [2.45, 2.75) is 12.8 Å². The van der Waals surface area contributed by atoms with E-state index in [1.165, 1.54) is 6.08 Å². The van der Waals surface area contributed by atoms with Crippen molar-refractivity contribution in [1.82, 2.24) is 4.90 Å². The van der Waals surface area contributed by atoms with E-state index in [0.29, 0.717) is 11.3 Å². The number of rotatable bonds is 5. The van der Waals surface area contributed by atoms with Crippen molar-refractivity contribution < 1.29 is 13.2 Å². The molecule has 0 atom stereocenters. The first-order valence-corrected chi connectivity index (χ1v) is 9.73. The van der Waals surface area contributed by atoms with Crippen LogP contribution >= 0.6 is 0 Å². The minimum atomic E-state index is -3.65. The lowest BCUT2D eigenvalue weighted by Crippen LogP contribution is -2.27. The number of carbonyl (C=O) groups is 1. The van der Waals surface area contributed by atoms with E-state index >= 15 is 0 Å². The minimum Gasteiger partial charge on any atom is -0.339 e. The first-order valence-electron chi connectivity index (χ1n) is 8.19. The van der Waals surface area contributed by atoms with Crippen molar-refractivity contribution >= 4 is 27.7 Å². The van der Waals surface area contributed by atoms with Gasteiger partial charge in [0, 0.05) is 24.3 Å². The summed E-state index contributed by atoms with van der Waals surface area (Å²) in [5.74, 6) is -0.0571. The zero-order valence-electron chi connectivity index (χ0n) is 13.8. The van der Waals surface area contributed by atoms with Gasteiger partial charge in [-0.3, -0.25) is 9.52 Å². The highest BCUT2D eigenvalue weighted by molar-refractivity contribution is 7.95. The molecule has 0 saturated carbocycles. The van der Waals surface area contributed by atoms with Gasteiger partial charge in [-0.25, -0.2) is 8.42 Å². The summed E-state index contributed by atoms with van der Waals surface area (Å²) >= 11 is 0. The van der Waals surface area contributed by atoms with Crippen LogP contribution in [0.1, 0.15) is 28.8 Å². The third-order valence-corrected chi connectivity index (χ3v) is 5.02. The van der Waals surface area contributed by atoms with Crippen LogP contribution in [0.5, 0.6) is 0 Å². The molecule has 0 radical (unpaired) electrons. The van der Waals surface area contributed by atoms with E-state index in [9.17, 15) is 13.2 Å². The lowest BCUT2D eigenvalue weighted by atomic mass is 10.2. The van der Waals surface area contributed by atoms with Gasteiger partial charge in [-0.1, -0.05) is 36.4 Å². The average molecular weight is 356 g/mol. The molecule has 5 nitrogen and oxygen atoms in total. The standard InChI is InChI=1S/C19H20N2O3S/c22-19(21-12-4-5-13-21)17-9-6-10-18(15-17)20-25(23,24)14-11-16-7-2-1-3-8-16/h1-3,6-11,14-15,20H,4-5,12-13H2/b14-11+. The number of hydrogen-bond donors (Lipinski definition) is 1. The Hall–Kier alpha value is -2.60. The molecule has 1 N–H and O–H groups in total. The molecule has 1 fully saturated rings. The van der Waals surface area contributed by atoms with Gasteiger partial charge >= 0.3 is 0 Å². The topological polar surface area (TPSA) is 66.5 Å². The summed E-state index contributed by atoms with van der Waals surface area (Å²) in [5, 5.41) is 1.12. The van der Waals surface area contributed by atoms with Crippen molar-refractivity contribution in [3.8, 4) is 0 Å². The van der Waals surface area contributed by atoms with Crippen molar-refractivity contribution in [2.75, 3.05) is 17.8 Å². The van der Waals surface area contributed by atoms with E-state index < -0.39 is 10.0 Å². The maximum absolute atomic E-state index is 12.4. The number of anilines is 1. The SMILES string of the molecule is O=C(c1cccc(NS(=O)(=O)/C=C/c2ccccc2)c1)N1CCCC1. The summed E-state index contributed by atoms with van der Waals surface area (Å²) in [4.78, 5) is 14.2. The van der Waals surface area contributed by atoms with Crippen LogP contribution in [0.4, 0.5) is 5.69 Å². The second-order valence-electron chi connectivity index (χ2n) is 5.94. The zero-order valence-corrected chi connectivity index (χ0v) is 14.6. The number of benzene rings is 2. The summed E-state index contributed by atoms with van der Waals surface area (Å²) in [7, 11) is -3.65. The van der Waals surface area contributed by atoms with Crippen molar-refractivity contribution in [3.63, 3.8) is 0 Å². The highest BCUT2D eigenvalue weighted by Crippen LogP contribution is 2.17. The van der Waals surface area contributed by atoms with Crippen molar-refractivity contribution in [1.29, 1.82) is 0 Å². The first-order chi connectivity index (χ1) is 12.0. The normalized spacial score (nSPS) is 14.8. The van der Waals surface area contributed by atoms with Crippen LogP contribution in [-0.4, -0.2) is 32.3 Å². The van der Waals surface area contributed by atoms with E-state index in [4.69, 9.17) is 0 Å². The Bertz CT molecular complexity index is 871. The van der Waals surface area contributed by atoms with Crippen LogP contribution in [0, 0.1) is 0 Å². The molecule has 130 valence electrons. The molecular formula is C19H20N2O3S. The van der Waals surface area contributed by atoms with E-state index in [-0.39, 0.29) is 5.91 Å². The number of likely N-dealkylation sites (tertiary alicyclic amines) is 1. The third kappa shape index (κ3) is 4.70. The summed E-state index contributed by atoms with van der Waals surface area (Å²) in [6.45, 7) is 1.52. The van der Waals surface area contributed by atoms with Gasteiger partial charge in [-0.05, 0) is 42.7 Å². The number of nitrogens with one attached hydrogen (secondary N) is 1. The van der Waals surface area contributed by atoms with Gasteiger partial charge in [-0.2, -0.15) is 0 Å². The maximum atomic E-state index is 12.4. The Balaban J connectivity index is 1.72. The van der Waals surface area contributed by atoms with E-state index in [2.05, 4.69) is 4.72 Å². The number of nitrogens with zero attached hydrogens (tertiary/aromatic N) is 1. The molecule has 1 aliphatic rings. The molecule has 0 aliphatic carbocycles. The lowest BCUT2D eigenvalue weighted by molar-refractivity contribution is 0.0793. The molecule has 2 aromatic carbocycles. The van der Waals surface area contributed by atoms with Crippen LogP contribution in [0.15, 0.2) is 60.0 Å². The number of hydrogen-bond acceptors (Lipinski definition) is 3. The van der Waals surface area contributed by atoms with Crippen LogP contribution in [-0.2, 0) is 10.0 Å². The summed E-state index contributed by atoms with van der Waals surface area (Å²) in [6.07, 6.45) is 3.56. The highest BCUT2D eigenvalue weighted by atomic mass is 32.2. The fourth-order valence-electron chi connectivity index (χ4n) is 2.75. The second kappa shape index (κ2) is 7.53. The predicted octanol–water partition coefficient (Wildman–Crippen LogP) is 3.34. The highest BCUT2D eigenvalue weighted by Gasteiger charge is 2.19. The minimum absolute atomic E-state index is 0.0571. The third-order valence-electron chi connectivity index (χ3n) is 4.00. The molecular weight excluding hydrogens is 336 g/mol. The molecule has 1 amide bonds.